The predicted molar refractivity (Wildman–Crippen MR) is 79.2 cm³/mol. The Hall–Kier alpha value is -1.54. The summed E-state index contributed by atoms with van der Waals surface area (Å²) in [7, 11) is 0. The highest BCUT2D eigenvalue weighted by molar-refractivity contribution is 7.80. The Labute approximate surface area is 120 Å². The van der Waals surface area contributed by atoms with Crippen LogP contribution in [0.4, 0.5) is 5.13 Å². The van der Waals surface area contributed by atoms with Crippen LogP contribution in [0.5, 0.6) is 0 Å². The molecule has 2 amide bonds. The Morgan fingerprint density at radius 3 is 2.53 bits per heavy atom. The number of amides is 2. The Bertz CT molecular complexity index is 505. The number of nitrogens with two attached hydrogens (primary N) is 1. The number of thiazole rings is 1. The maximum Gasteiger partial charge on any atom is 0.315 e. The van der Waals surface area contributed by atoms with Gasteiger partial charge in [-0.2, -0.15) is 0 Å². The van der Waals surface area contributed by atoms with Gasteiger partial charge in [-0.3, -0.25) is 14.9 Å². The molecule has 0 spiro atoms. The monoisotopic (exact) mass is 300 g/mol. The Kier molecular flexibility index (Phi) is 4.96. The Morgan fingerprint density at radius 1 is 1.42 bits per heavy atom. The largest absolute Gasteiger partial charge is 0.392 e. The molecular formula is C11H16N4O2S2. The average molecular weight is 300 g/mol. The van der Waals surface area contributed by atoms with Crippen molar-refractivity contribution in [1.82, 2.24) is 10.3 Å². The number of carbonyl (C=O) groups excluding carboxylic acids is 2. The van der Waals surface area contributed by atoms with Crippen LogP contribution in [-0.4, -0.2) is 28.3 Å². The molecule has 1 rings (SSSR count). The third-order valence-electron chi connectivity index (χ3n) is 2.12. The smallest absolute Gasteiger partial charge is 0.315 e. The van der Waals surface area contributed by atoms with Crippen molar-refractivity contribution in [2.24, 2.45) is 5.73 Å². The zero-order chi connectivity index (χ0) is 14.6. The van der Waals surface area contributed by atoms with E-state index < -0.39 is 11.8 Å². The van der Waals surface area contributed by atoms with Crippen molar-refractivity contribution in [1.29, 1.82) is 0 Å². The summed E-state index contributed by atoms with van der Waals surface area (Å²) < 4.78 is 0. The van der Waals surface area contributed by atoms with Gasteiger partial charge in [0.1, 0.15) is 0 Å². The maximum absolute atomic E-state index is 11.5. The highest BCUT2D eigenvalue weighted by Gasteiger charge is 2.20. The average Bonchev–Trinajstić information content (AvgIpc) is 2.73. The molecule has 6 nitrogen and oxygen atoms in total. The summed E-state index contributed by atoms with van der Waals surface area (Å²) in [4.78, 5) is 27.3. The lowest BCUT2D eigenvalue weighted by atomic mass is 9.93. The van der Waals surface area contributed by atoms with E-state index in [1.165, 1.54) is 11.3 Å². The molecule has 0 aromatic carbocycles. The van der Waals surface area contributed by atoms with Gasteiger partial charge in [-0.1, -0.05) is 33.0 Å². The molecule has 104 valence electrons. The molecule has 1 heterocycles. The van der Waals surface area contributed by atoms with Gasteiger partial charge in [0, 0.05) is 10.8 Å². The van der Waals surface area contributed by atoms with Gasteiger partial charge in [-0.25, -0.2) is 4.98 Å². The van der Waals surface area contributed by atoms with Crippen molar-refractivity contribution < 1.29 is 9.59 Å². The van der Waals surface area contributed by atoms with Gasteiger partial charge >= 0.3 is 11.8 Å². The van der Waals surface area contributed by atoms with E-state index in [4.69, 9.17) is 5.73 Å². The van der Waals surface area contributed by atoms with Crippen LogP contribution in [0.15, 0.2) is 5.38 Å². The molecule has 19 heavy (non-hydrogen) atoms. The summed E-state index contributed by atoms with van der Waals surface area (Å²) in [5.74, 6) is -1.58. The van der Waals surface area contributed by atoms with E-state index in [0.29, 0.717) is 5.13 Å². The van der Waals surface area contributed by atoms with E-state index >= 15 is 0 Å². The van der Waals surface area contributed by atoms with Crippen LogP contribution in [0.1, 0.15) is 26.5 Å². The molecule has 0 saturated heterocycles. The van der Waals surface area contributed by atoms with Crippen LogP contribution >= 0.6 is 23.6 Å². The van der Waals surface area contributed by atoms with Crippen molar-refractivity contribution in [2.45, 2.75) is 26.2 Å². The van der Waals surface area contributed by atoms with Crippen molar-refractivity contribution >= 4 is 45.5 Å². The van der Waals surface area contributed by atoms with Crippen LogP contribution in [0.3, 0.4) is 0 Å². The first-order chi connectivity index (χ1) is 8.70. The first kappa shape index (κ1) is 15.5. The second kappa shape index (κ2) is 6.07. The topological polar surface area (TPSA) is 97.1 Å². The van der Waals surface area contributed by atoms with Gasteiger partial charge in [-0.05, 0) is 0 Å². The van der Waals surface area contributed by atoms with Crippen LogP contribution in [0, 0.1) is 0 Å². The molecule has 0 fully saturated rings. The highest BCUT2D eigenvalue weighted by Crippen LogP contribution is 2.26. The molecule has 0 atom stereocenters. The van der Waals surface area contributed by atoms with Crippen LogP contribution in [0.2, 0.25) is 0 Å². The number of nitrogens with zero attached hydrogens (tertiary/aromatic N) is 1. The van der Waals surface area contributed by atoms with Crippen molar-refractivity contribution in [3.8, 4) is 0 Å². The van der Waals surface area contributed by atoms with E-state index in [0.717, 1.165) is 5.69 Å². The standard InChI is InChI=1S/C11H16N4O2S2/c1-11(2,3)6-5-19-10(14-6)15-9(17)8(16)13-4-7(12)18/h5H,4H2,1-3H3,(H2,12,18)(H,13,16)(H,14,15,17). The van der Waals surface area contributed by atoms with Crippen molar-refractivity contribution in [2.75, 3.05) is 11.9 Å². The van der Waals surface area contributed by atoms with Crippen molar-refractivity contribution in [3.63, 3.8) is 0 Å². The normalized spacial score (nSPS) is 10.9. The Balaban J connectivity index is 2.60. The molecule has 1 aromatic heterocycles. The number of thiocarbonyl (C=S) groups is 1. The number of nitrogens with one attached hydrogen (secondary N) is 2. The van der Waals surface area contributed by atoms with Gasteiger partial charge in [0.15, 0.2) is 5.13 Å². The van der Waals surface area contributed by atoms with Gasteiger partial charge < -0.3 is 11.1 Å². The summed E-state index contributed by atoms with van der Waals surface area (Å²) in [6, 6.07) is 0. The summed E-state index contributed by atoms with van der Waals surface area (Å²) in [6.45, 7) is 6.04. The molecule has 0 unspecified atom stereocenters. The molecule has 0 aliphatic heterocycles. The lowest BCUT2D eigenvalue weighted by Gasteiger charge is -2.14. The number of aromatic nitrogens is 1. The molecule has 0 saturated carbocycles. The fraction of sp³-hybridized carbons (Fsp3) is 0.455. The Morgan fingerprint density at radius 2 is 2.05 bits per heavy atom. The second-order valence-corrected chi connectivity index (χ2v) is 6.27. The third kappa shape index (κ3) is 4.92. The molecule has 4 N–H and O–H groups in total. The fourth-order valence-electron chi connectivity index (χ4n) is 1.08. The van der Waals surface area contributed by atoms with E-state index in [9.17, 15) is 9.59 Å². The van der Waals surface area contributed by atoms with E-state index in [2.05, 4.69) is 27.8 Å². The highest BCUT2D eigenvalue weighted by atomic mass is 32.1. The molecule has 0 bridgehead atoms. The van der Waals surface area contributed by atoms with Crippen LogP contribution < -0.4 is 16.4 Å². The minimum absolute atomic E-state index is 0.00725. The fourth-order valence-corrected chi connectivity index (χ4v) is 2.08. The maximum atomic E-state index is 11.5. The van der Waals surface area contributed by atoms with Gasteiger partial charge in [0.05, 0.1) is 17.2 Å². The molecule has 0 aliphatic carbocycles. The first-order valence-electron chi connectivity index (χ1n) is 5.53. The minimum atomic E-state index is -0.791. The first-order valence-corrected chi connectivity index (χ1v) is 6.82. The molecule has 8 heteroatoms. The number of carbonyl (C=O) groups is 2. The molecule has 0 aliphatic rings. The lowest BCUT2D eigenvalue weighted by Crippen LogP contribution is -2.39. The van der Waals surface area contributed by atoms with Crippen LogP contribution in [0.25, 0.3) is 0 Å². The van der Waals surface area contributed by atoms with E-state index in [1.54, 1.807) is 0 Å². The van der Waals surface area contributed by atoms with Crippen molar-refractivity contribution in [3.05, 3.63) is 11.1 Å². The quantitative estimate of drug-likeness (QED) is 0.566. The predicted octanol–water partition coefficient (Wildman–Crippen LogP) is 0.781. The number of hydrogen-bond donors (Lipinski definition) is 3. The van der Waals surface area contributed by atoms with Crippen LogP contribution in [-0.2, 0) is 15.0 Å². The SMILES string of the molecule is CC(C)(C)c1csc(NC(=O)C(=O)NCC(N)=S)n1. The second-order valence-electron chi connectivity index (χ2n) is 4.89. The number of anilines is 1. The summed E-state index contributed by atoms with van der Waals surface area (Å²) in [5, 5.41) is 6.97. The lowest BCUT2D eigenvalue weighted by molar-refractivity contribution is -0.135. The minimum Gasteiger partial charge on any atom is -0.392 e. The van der Waals surface area contributed by atoms with Gasteiger partial charge in [-0.15, -0.1) is 11.3 Å². The number of rotatable bonds is 3. The third-order valence-corrected chi connectivity index (χ3v) is 3.02. The van der Waals surface area contributed by atoms with E-state index in [1.807, 2.05) is 26.2 Å². The zero-order valence-corrected chi connectivity index (χ0v) is 12.6. The van der Waals surface area contributed by atoms with Gasteiger partial charge in [0.25, 0.3) is 0 Å². The summed E-state index contributed by atoms with van der Waals surface area (Å²) in [6.07, 6.45) is 0. The van der Waals surface area contributed by atoms with Gasteiger partial charge in [0.2, 0.25) is 0 Å². The van der Waals surface area contributed by atoms with E-state index in [-0.39, 0.29) is 16.9 Å². The molecule has 0 radical (unpaired) electrons. The molecule has 1 aromatic rings. The molecular weight excluding hydrogens is 284 g/mol. The zero-order valence-electron chi connectivity index (χ0n) is 10.9. The summed E-state index contributed by atoms with van der Waals surface area (Å²) in [5.41, 5.74) is 5.97. The number of hydrogen-bond acceptors (Lipinski definition) is 5. The summed E-state index contributed by atoms with van der Waals surface area (Å²) >= 11 is 5.87.